The first-order valence-corrected chi connectivity index (χ1v) is 8.23. The van der Waals surface area contributed by atoms with Gasteiger partial charge < -0.3 is 10.1 Å². The summed E-state index contributed by atoms with van der Waals surface area (Å²) in [7, 11) is 1.50. The quantitative estimate of drug-likeness (QED) is 0.828. The minimum absolute atomic E-state index is 0.0482. The molecule has 128 valence electrons. The summed E-state index contributed by atoms with van der Waals surface area (Å²) in [4.78, 5) is 25.8. The fourth-order valence-electron chi connectivity index (χ4n) is 2.89. The van der Waals surface area contributed by atoms with Crippen LogP contribution in [0.25, 0.3) is 0 Å². The van der Waals surface area contributed by atoms with Crippen LogP contribution in [0.4, 0.5) is 0 Å². The van der Waals surface area contributed by atoms with Crippen molar-refractivity contribution in [2.24, 2.45) is 13.0 Å². The summed E-state index contributed by atoms with van der Waals surface area (Å²) < 4.78 is 6.64. The molecule has 7 heteroatoms. The van der Waals surface area contributed by atoms with Crippen molar-refractivity contribution in [3.63, 3.8) is 0 Å². The Hall–Kier alpha value is -2.57. The number of hydrogen-bond acceptors (Lipinski definition) is 4. The largest absolute Gasteiger partial charge is 0.493 e. The van der Waals surface area contributed by atoms with Crippen molar-refractivity contribution in [1.82, 2.24) is 20.1 Å². The topological polar surface area (TPSA) is 89.0 Å². The first-order chi connectivity index (χ1) is 11.6. The predicted molar refractivity (Wildman–Crippen MR) is 89.3 cm³/mol. The van der Waals surface area contributed by atoms with E-state index in [1.165, 1.54) is 18.2 Å². The highest BCUT2D eigenvalue weighted by molar-refractivity contribution is 5.90. The Bertz CT molecular complexity index is 793. The standard InChI is InChI=1S/C17H22N4O3/c1-3-11(8-12-4-5-14-13(9-12)6-7-24-14)10-18-16(22)15-19-17(23)21(2)20-15/h4-5,9,11H,3,6-8,10H2,1-2H3,(H,18,22)(H,19,20,23). The molecule has 2 N–H and O–H groups in total. The van der Waals surface area contributed by atoms with Crippen LogP contribution in [0.1, 0.15) is 35.1 Å². The fraction of sp³-hybridized carbons (Fsp3) is 0.471. The van der Waals surface area contributed by atoms with Crippen molar-refractivity contribution < 1.29 is 9.53 Å². The lowest BCUT2D eigenvalue weighted by molar-refractivity contribution is 0.0936. The van der Waals surface area contributed by atoms with Crippen LogP contribution in [0.2, 0.25) is 0 Å². The monoisotopic (exact) mass is 330 g/mol. The third kappa shape index (κ3) is 3.50. The molecule has 0 radical (unpaired) electrons. The van der Waals surface area contributed by atoms with Crippen LogP contribution >= 0.6 is 0 Å². The molecule has 1 atom stereocenters. The third-order valence-electron chi connectivity index (χ3n) is 4.39. The van der Waals surface area contributed by atoms with E-state index in [1.54, 1.807) is 0 Å². The van der Waals surface area contributed by atoms with E-state index in [0.29, 0.717) is 12.5 Å². The zero-order valence-electron chi connectivity index (χ0n) is 14.0. The highest BCUT2D eigenvalue weighted by Crippen LogP contribution is 2.27. The molecule has 7 nitrogen and oxygen atoms in total. The van der Waals surface area contributed by atoms with E-state index in [4.69, 9.17) is 4.74 Å². The van der Waals surface area contributed by atoms with Gasteiger partial charge in [0.05, 0.1) is 6.61 Å². The Morgan fingerprint density at radius 1 is 1.50 bits per heavy atom. The van der Waals surface area contributed by atoms with E-state index in [2.05, 4.69) is 34.5 Å². The number of rotatable bonds is 6. The maximum Gasteiger partial charge on any atom is 0.343 e. The van der Waals surface area contributed by atoms with Gasteiger partial charge in [-0.2, -0.15) is 0 Å². The molecule has 1 aliphatic heterocycles. The van der Waals surface area contributed by atoms with Gasteiger partial charge >= 0.3 is 5.69 Å². The van der Waals surface area contributed by atoms with Crippen molar-refractivity contribution in [2.45, 2.75) is 26.2 Å². The molecule has 1 aromatic heterocycles. The molecule has 0 fully saturated rings. The number of aromatic nitrogens is 3. The summed E-state index contributed by atoms with van der Waals surface area (Å²) in [6, 6.07) is 6.31. The SMILES string of the molecule is CCC(CNC(=O)c1nn(C)c(=O)[nH]1)Cc1ccc2c(c1)CCO2. The van der Waals surface area contributed by atoms with Crippen molar-refractivity contribution >= 4 is 5.91 Å². The van der Waals surface area contributed by atoms with Crippen LogP contribution in [0, 0.1) is 5.92 Å². The fourth-order valence-corrected chi connectivity index (χ4v) is 2.89. The van der Waals surface area contributed by atoms with E-state index < -0.39 is 5.69 Å². The molecule has 3 rings (SSSR count). The molecular weight excluding hydrogens is 308 g/mol. The average molecular weight is 330 g/mol. The minimum Gasteiger partial charge on any atom is -0.493 e. The summed E-state index contributed by atoms with van der Waals surface area (Å²) in [5.41, 5.74) is 2.12. The zero-order valence-corrected chi connectivity index (χ0v) is 14.0. The van der Waals surface area contributed by atoms with Crippen LogP contribution in [-0.2, 0) is 19.9 Å². The number of nitrogens with one attached hydrogen (secondary N) is 2. The second-order valence-corrected chi connectivity index (χ2v) is 6.13. The van der Waals surface area contributed by atoms with E-state index in [0.717, 1.165) is 36.3 Å². The summed E-state index contributed by atoms with van der Waals surface area (Å²) >= 11 is 0. The number of fused-ring (bicyclic) bond motifs is 1. The molecule has 0 aliphatic carbocycles. The van der Waals surface area contributed by atoms with Gasteiger partial charge in [0.2, 0.25) is 5.82 Å². The Labute approximate surface area is 140 Å². The number of aryl methyl sites for hydroxylation is 1. The van der Waals surface area contributed by atoms with Crippen molar-refractivity contribution in [1.29, 1.82) is 0 Å². The van der Waals surface area contributed by atoms with Gasteiger partial charge in [-0.15, -0.1) is 5.10 Å². The van der Waals surface area contributed by atoms with Gasteiger partial charge in [-0.3, -0.25) is 9.78 Å². The Balaban J connectivity index is 1.58. The van der Waals surface area contributed by atoms with Gasteiger partial charge in [0, 0.05) is 20.0 Å². The molecule has 1 amide bonds. The van der Waals surface area contributed by atoms with Gasteiger partial charge in [0.15, 0.2) is 0 Å². The first kappa shape index (κ1) is 16.3. The minimum atomic E-state index is -0.396. The molecule has 2 aromatic rings. The number of hydrogen-bond donors (Lipinski definition) is 2. The Kier molecular flexibility index (Phi) is 4.69. The normalized spacial score (nSPS) is 14.1. The highest BCUT2D eigenvalue weighted by Gasteiger charge is 2.16. The van der Waals surface area contributed by atoms with E-state index in [9.17, 15) is 9.59 Å². The Morgan fingerprint density at radius 2 is 2.33 bits per heavy atom. The Morgan fingerprint density at radius 3 is 3.04 bits per heavy atom. The lowest BCUT2D eigenvalue weighted by atomic mass is 9.95. The molecular formula is C17H22N4O3. The number of amides is 1. The van der Waals surface area contributed by atoms with Gasteiger partial charge in [-0.05, 0) is 29.5 Å². The molecule has 0 saturated heterocycles. The van der Waals surface area contributed by atoms with E-state index in [1.807, 2.05) is 6.07 Å². The zero-order chi connectivity index (χ0) is 17.1. The molecule has 1 aliphatic rings. The number of carbonyl (C=O) groups excluding carboxylic acids is 1. The third-order valence-corrected chi connectivity index (χ3v) is 4.39. The number of benzene rings is 1. The van der Waals surface area contributed by atoms with Gasteiger partial charge in [-0.1, -0.05) is 25.5 Å². The smallest absolute Gasteiger partial charge is 0.343 e. The summed E-state index contributed by atoms with van der Waals surface area (Å²) in [6.07, 6.45) is 2.80. The summed E-state index contributed by atoms with van der Waals surface area (Å²) in [5, 5.41) is 6.71. The van der Waals surface area contributed by atoms with Crippen molar-refractivity contribution in [3.8, 4) is 5.75 Å². The second-order valence-electron chi connectivity index (χ2n) is 6.13. The van der Waals surface area contributed by atoms with Gasteiger partial charge in [0.1, 0.15) is 5.75 Å². The summed E-state index contributed by atoms with van der Waals surface area (Å²) in [5.74, 6) is 1.00. The maximum atomic E-state index is 12.1. The lowest BCUT2D eigenvalue weighted by Gasteiger charge is -2.16. The predicted octanol–water partition coefficient (Wildman–Crippen LogP) is 1.04. The summed E-state index contributed by atoms with van der Waals surface area (Å²) in [6.45, 7) is 3.41. The molecule has 1 aromatic carbocycles. The van der Waals surface area contributed by atoms with Crippen LogP contribution < -0.4 is 15.7 Å². The molecule has 0 spiro atoms. The van der Waals surface area contributed by atoms with Crippen LogP contribution in [0.3, 0.4) is 0 Å². The van der Waals surface area contributed by atoms with Gasteiger partial charge in [0.25, 0.3) is 5.91 Å². The van der Waals surface area contributed by atoms with Crippen molar-refractivity contribution in [3.05, 3.63) is 45.6 Å². The first-order valence-electron chi connectivity index (χ1n) is 8.23. The maximum absolute atomic E-state index is 12.1. The number of H-pyrrole nitrogens is 1. The highest BCUT2D eigenvalue weighted by atomic mass is 16.5. The number of carbonyl (C=O) groups is 1. The average Bonchev–Trinajstić information content (AvgIpc) is 3.17. The van der Waals surface area contributed by atoms with Crippen LogP contribution in [-0.4, -0.2) is 33.8 Å². The van der Waals surface area contributed by atoms with Crippen molar-refractivity contribution in [2.75, 3.05) is 13.2 Å². The molecule has 24 heavy (non-hydrogen) atoms. The second kappa shape index (κ2) is 6.90. The molecule has 1 unspecified atom stereocenters. The van der Waals surface area contributed by atoms with E-state index in [-0.39, 0.29) is 11.7 Å². The lowest BCUT2D eigenvalue weighted by Crippen LogP contribution is -2.31. The number of ether oxygens (including phenoxy) is 1. The number of nitrogens with zero attached hydrogens (tertiary/aromatic N) is 2. The van der Waals surface area contributed by atoms with Crippen LogP contribution in [0.15, 0.2) is 23.0 Å². The molecule has 0 bridgehead atoms. The molecule has 2 heterocycles. The molecule has 0 saturated carbocycles. The van der Waals surface area contributed by atoms with E-state index >= 15 is 0 Å². The van der Waals surface area contributed by atoms with Gasteiger partial charge in [-0.25, -0.2) is 9.48 Å². The van der Waals surface area contributed by atoms with Crippen LogP contribution in [0.5, 0.6) is 5.75 Å². The number of aromatic amines is 1.